The molecular weight excluding hydrogens is 492 g/mol. The average Bonchev–Trinajstić information content (AvgIpc) is 3.16. The van der Waals surface area contributed by atoms with Gasteiger partial charge < -0.3 is 19.7 Å². The van der Waals surface area contributed by atoms with E-state index in [0.717, 1.165) is 10.4 Å². The first-order valence-corrected chi connectivity index (χ1v) is 14.1. The van der Waals surface area contributed by atoms with Gasteiger partial charge in [-0.1, -0.05) is 30.3 Å². The standard InChI is InChI=1S/C24H30N2O7S2/c1-3-32-23(28)21-18-12-13-26(24(29)33-4-2)15-19(18)34-22(21)25-20(27)11-8-14-35(30,31)16-17-9-6-5-7-10-17/h5-7,9-10H,3-4,8,11-16H2,1-2H3,(H,25,27). The van der Waals surface area contributed by atoms with Crippen LogP contribution in [0.15, 0.2) is 30.3 Å². The summed E-state index contributed by atoms with van der Waals surface area (Å²) in [6, 6.07) is 8.89. The highest BCUT2D eigenvalue weighted by molar-refractivity contribution is 7.90. The van der Waals surface area contributed by atoms with Gasteiger partial charge in [0.25, 0.3) is 0 Å². The maximum Gasteiger partial charge on any atom is 0.410 e. The van der Waals surface area contributed by atoms with Gasteiger partial charge in [0.2, 0.25) is 5.91 Å². The predicted molar refractivity (Wildman–Crippen MR) is 133 cm³/mol. The number of thiophene rings is 1. The van der Waals surface area contributed by atoms with Crippen LogP contribution in [0.4, 0.5) is 9.80 Å². The molecule has 3 rings (SSSR count). The molecule has 0 aliphatic carbocycles. The van der Waals surface area contributed by atoms with Crippen LogP contribution in [-0.4, -0.2) is 56.8 Å². The van der Waals surface area contributed by atoms with Crippen LogP contribution < -0.4 is 5.32 Å². The molecule has 0 atom stereocenters. The van der Waals surface area contributed by atoms with Crippen LogP contribution in [0.25, 0.3) is 0 Å². The van der Waals surface area contributed by atoms with Gasteiger partial charge in [0.05, 0.1) is 36.8 Å². The summed E-state index contributed by atoms with van der Waals surface area (Å²) in [6.07, 6.45) is 0.170. The number of hydrogen-bond donors (Lipinski definition) is 1. The number of nitrogens with zero attached hydrogens (tertiary/aromatic N) is 1. The molecule has 0 fully saturated rings. The molecule has 0 bridgehead atoms. The van der Waals surface area contributed by atoms with E-state index < -0.39 is 21.9 Å². The van der Waals surface area contributed by atoms with E-state index in [4.69, 9.17) is 9.47 Å². The number of esters is 1. The smallest absolute Gasteiger partial charge is 0.410 e. The number of amides is 2. The minimum absolute atomic E-state index is 0.00615. The van der Waals surface area contributed by atoms with Crippen molar-refractivity contribution in [3.63, 3.8) is 0 Å². The first kappa shape index (κ1) is 26.7. The molecule has 2 heterocycles. The maximum atomic E-state index is 12.7. The third kappa shape index (κ3) is 7.28. The number of hydrogen-bond acceptors (Lipinski definition) is 8. The molecule has 0 saturated carbocycles. The Balaban J connectivity index is 1.65. The van der Waals surface area contributed by atoms with Gasteiger partial charge >= 0.3 is 12.1 Å². The van der Waals surface area contributed by atoms with Gasteiger partial charge in [0, 0.05) is 17.8 Å². The summed E-state index contributed by atoms with van der Waals surface area (Å²) in [6.45, 7) is 4.56. The van der Waals surface area contributed by atoms with Crippen LogP contribution in [0.2, 0.25) is 0 Å². The number of fused-ring (bicyclic) bond motifs is 1. The summed E-state index contributed by atoms with van der Waals surface area (Å²) < 4.78 is 35.0. The second-order valence-corrected chi connectivity index (χ2v) is 11.3. The number of ether oxygens (including phenoxy) is 2. The van der Waals surface area contributed by atoms with E-state index in [1.165, 1.54) is 11.3 Å². The van der Waals surface area contributed by atoms with Crippen molar-refractivity contribution >= 4 is 44.1 Å². The molecule has 0 saturated heterocycles. The molecule has 9 nitrogen and oxygen atoms in total. The van der Waals surface area contributed by atoms with Gasteiger partial charge in [0.1, 0.15) is 5.00 Å². The van der Waals surface area contributed by atoms with E-state index in [-0.39, 0.29) is 50.0 Å². The van der Waals surface area contributed by atoms with E-state index in [9.17, 15) is 22.8 Å². The Morgan fingerprint density at radius 1 is 1.09 bits per heavy atom. The zero-order valence-electron chi connectivity index (χ0n) is 19.9. The fourth-order valence-electron chi connectivity index (χ4n) is 3.82. The lowest BCUT2D eigenvalue weighted by Crippen LogP contribution is -2.36. The molecule has 1 aromatic heterocycles. The first-order valence-electron chi connectivity index (χ1n) is 11.5. The third-order valence-corrected chi connectivity index (χ3v) is 8.22. The Bertz CT molecular complexity index is 1160. The van der Waals surface area contributed by atoms with E-state index in [2.05, 4.69) is 5.32 Å². The fraction of sp³-hybridized carbons (Fsp3) is 0.458. The van der Waals surface area contributed by atoms with Crippen LogP contribution >= 0.6 is 11.3 Å². The quantitative estimate of drug-likeness (QED) is 0.472. The van der Waals surface area contributed by atoms with Crippen molar-refractivity contribution in [1.29, 1.82) is 0 Å². The SMILES string of the molecule is CCOC(=O)c1c(NC(=O)CCCS(=O)(=O)Cc2ccccc2)sc2c1CCN(C(=O)OCC)C2. The van der Waals surface area contributed by atoms with Crippen molar-refractivity contribution < 1.29 is 32.3 Å². The van der Waals surface area contributed by atoms with Gasteiger partial charge in [-0.15, -0.1) is 11.3 Å². The Morgan fingerprint density at radius 2 is 1.80 bits per heavy atom. The van der Waals surface area contributed by atoms with E-state index in [1.807, 2.05) is 6.07 Å². The average molecular weight is 523 g/mol. The number of carbonyl (C=O) groups is 3. The summed E-state index contributed by atoms with van der Waals surface area (Å²) in [5.41, 5.74) is 1.77. The van der Waals surface area contributed by atoms with Crippen molar-refractivity contribution in [1.82, 2.24) is 4.90 Å². The highest BCUT2D eigenvalue weighted by atomic mass is 32.2. The number of nitrogens with one attached hydrogen (secondary N) is 1. The van der Waals surface area contributed by atoms with Gasteiger partial charge in [-0.25, -0.2) is 18.0 Å². The summed E-state index contributed by atoms with van der Waals surface area (Å²) in [5.74, 6) is -1.10. The Morgan fingerprint density at radius 3 is 2.49 bits per heavy atom. The normalized spacial score (nSPS) is 13.1. The summed E-state index contributed by atoms with van der Waals surface area (Å²) in [7, 11) is -3.35. The monoisotopic (exact) mass is 522 g/mol. The van der Waals surface area contributed by atoms with Gasteiger partial charge in [-0.05, 0) is 37.8 Å². The van der Waals surface area contributed by atoms with Crippen LogP contribution in [0.5, 0.6) is 0 Å². The van der Waals surface area contributed by atoms with Crippen LogP contribution in [0.1, 0.15) is 53.1 Å². The third-order valence-electron chi connectivity index (χ3n) is 5.40. The van der Waals surface area contributed by atoms with E-state index in [1.54, 1.807) is 43.0 Å². The van der Waals surface area contributed by atoms with Gasteiger partial charge in [-0.2, -0.15) is 0 Å². The lowest BCUT2D eigenvalue weighted by molar-refractivity contribution is -0.116. The number of rotatable bonds is 10. The zero-order valence-corrected chi connectivity index (χ0v) is 21.5. The molecule has 2 amide bonds. The molecule has 1 aliphatic heterocycles. The minimum atomic E-state index is -3.35. The topological polar surface area (TPSA) is 119 Å². The molecule has 1 aromatic carbocycles. The molecule has 2 aromatic rings. The minimum Gasteiger partial charge on any atom is -0.462 e. The molecule has 190 valence electrons. The molecular formula is C24H30N2O7S2. The largest absolute Gasteiger partial charge is 0.462 e. The maximum absolute atomic E-state index is 12.7. The van der Waals surface area contributed by atoms with Crippen molar-refractivity contribution in [2.24, 2.45) is 0 Å². The molecule has 1 aliphatic rings. The van der Waals surface area contributed by atoms with Crippen LogP contribution in [-0.2, 0) is 42.8 Å². The second-order valence-electron chi connectivity index (χ2n) is 8.03. The number of benzene rings is 1. The number of carbonyl (C=O) groups excluding carboxylic acids is 3. The highest BCUT2D eigenvalue weighted by Crippen LogP contribution is 2.38. The Kier molecular flexibility index (Phi) is 9.27. The van der Waals surface area contributed by atoms with Crippen molar-refractivity contribution in [2.75, 3.05) is 30.8 Å². The number of anilines is 1. The highest BCUT2D eigenvalue weighted by Gasteiger charge is 2.31. The summed E-state index contributed by atoms with van der Waals surface area (Å²) in [4.78, 5) is 39.8. The predicted octanol–water partition coefficient (Wildman–Crippen LogP) is 3.77. The van der Waals surface area contributed by atoms with Crippen molar-refractivity contribution in [2.45, 2.75) is 45.4 Å². The molecule has 1 N–H and O–H groups in total. The zero-order chi connectivity index (χ0) is 25.4. The molecule has 0 unspecified atom stereocenters. The second kappa shape index (κ2) is 12.2. The van der Waals surface area contributed by atoms with Crippen LogP contribution in [0.3, 0.4) is 0 Å². The van der Waals surface area contributed by atoms with Crippen LogP contribution in [0, 0.1) is 0 Å². The molecule has 0 radical (unpaired) electrons. The lowest BCUT2D eigenvalue weighted by Gasteiger charge is -2.26. The Labute approximate surface area is 209 Å². The molecule has 11 heteroatoms. The molecule has 35 heavy (non-hydrogen) atoms. The van der Waals surface area contributed by atoms with Crippen molar-refractivity contribution in [3.8, 4) is 0 Å². The summed E-state index contributed by atoms with van der Waals surface area (Å²) in [5, 5.41) is 3.12. The van der Waals surface area contributed by atoms with E-state index >= 15 is 0 Å². The fourth-order valence-corrected chi connectivity index (χ4v) is 6.52. The Hall–Kier alpha value is -2.92. The number of sulfone groups is 1. The first-order chi connectivity index (χ1) is 16.7. The van der Waals surface area contributed by atoms with Gasteiger partial charge in [0.15, 0.2) is 9.84 Å². The van der Waals surface area contributed by atoms with Crippen molar-refractivity contribution in [3.05, 3.63) is 51.9 Å². The van der Waals surface area contributed by atoms with Gasteiger partial charge in [-0.3, -0.25) is 4.79 Å². The summed E-state index contributed by atoms with van der Waals surface area (Å²) >= 11 is 1.22. The molecule has 0 spiro atoms. The van der Waals surface area contributed by atoms with E-state index in [0.29, 0.717) is 29.1 Å². The lowest BCUT2D eigenvalue weighted by atomic mass is 10.0.